The molecule has 22 heavy (non-hydrogen) atoms. The second kappa shape index (κ2) is 5.67. The molecule has 118 valence electrons. The van der Waals surface area contributed by atoms with Crippen LogP contribution in [0, 0.1) is 5.92 Å². The maximum absolute atomic E-state index is 12.2. The molecule has 2 aliphatic rings. The fraction of sp³-hybridized carbons (Fsp3) is 0.500. The molecule has 0 radical (unpaired) electrons. The number of hydrogen-bond acceptors (Lipinski definition) is 4. The average molecular weight is 301 g/mol. The summed E-state index contributed by atoms with van der Waals surface area (Å²) >= 11 is 0. The molecule has 1 unspecified atom stereocenters. The summed E-state index contributed by atoms with van der Waals surface area (Å²) in [6.07, 6.45) is 3.33. The predicted octanol–water partition coefficient (Wildman–Crippen LogP) is 3.12. The van der Waals surface area contributed by atoms with Gasteiger partial charge in [0.1, 0.15) is 0 Å². The van der Waals surface area contributed by atoms with Gasteiger partial charge in [-0.2, -0.15) is 0 Å². The van der Waals surface area contributed by atoms with Crippen LogP contribution in [0.4, 0.5) is 0 Å². The van der Waals surface area contributed by atoms with Crippen LogP contribution in [-0.4, -0.2) is 31.4 Å². The Morgan fingerprint density at radius 3 is 2.50 bits per heavy atom. The van der Waals surface area contributed by atoms with Crippen molar-refractivity contribution in [2.75, 3.05) is 20.8 Å². The zero-order chi connectivity index (χ0) is 15.9. The van der Waals surface area contributed by atoms with E-state index >= 15 is 0 Å². The maximum Gasteiger partial charge on any atom is 0.161 e. The molecule has 0 bridgehead atoms. The summed E-state index contributed by atoms with van der Waals surface area (Å²) in [5, 5.41) is 0. The van der Waals surface area contributed by atoms with E-state index in [0.717, 1.165) is 30.2 Å². The molecular formula is C18H23NO3. The number of rotatable bonds is 3. The number of fused-ring (bicyclic) bond motifs is 3. The molecular weight excluding hydrogens is 278 g/mol. The molecule has 0 aromatic heterocycles. The van der Waals surface area contributed by atoms with E-state index in [1.54, 1.807) is 14.2 Å². The van der Waals surface area contributed by atoms with Crippen LogP contribution >= 0.6 is 0 Å². The number of hydrogen-bond donors (Lipinski definition) is 0. The molecule has 4 nitrogen and oxygen atoms in total. The Hall–Kier alpha value is -1.97. The highest BCUT2D eigenvalue weighted by Crippen LogP contribution is 2.43. The van der Waals surface area contributed by atoms with Crippen molar-refractivity contribution < 1.29 is 14.3 Å². The van der Waals surface area contributed by atoms with Crippen LogP contribution in [0.5, 0.6) is 11.5 Å². The number of ketones is 1. The Morgan fingerprint density at radius 1 is 1.18 bits per heavy atom. The summed E-state index contributed by atoms with van der Waals surface area (Å²) in [5.41, 5.74) is 3.61. The molecule has 3 rings (SSSR count). The molecule has 4 heteroatoms. The van der Waals surface area contributed by atoms with Crippen molar-refractivity contribution in [3.63, 3.8) is 0 Å². The van der Waals surface area contributed by atoms with Gasteiger partial charge in [-0.25, -0.2) is 0 Å². The standard InChI is InChI=1S/C18H23NO3/c1-11(2)15-8-13(20)9-16-14-10-18(22-4)17(21-3)7-12(14)5-6-19(15)16/h7-8,10-11,16H,5-6,9H2,1-4H3. The fourth-order valence-electron chi connectivity index (χ4n) is 3.55. The molecule has 0 amide bonds. The minimum Gasteiger partial charge on any atom is -0.493 e. The number of allylic oxidation sites excluding steroid dienone is 2. The largest absolute Gasteiger partial charge is 0.493 e. The maximum atomic E-state index is 12.2. The van der Waals surface area contributed by atoms with Gasteiger partial charge in [-0.05, 0) is 35.6 Å². The number of methoxy groups -OCH3 is 2. The summed E-state index contributed by atoms with van der Waals surface area (Å²) < 4.78 is 10.8. The fourth-order valence-corrected chi connectivity index (χ4v) is 3.55. The lowest BCUT2D eigenvalue weighted by Crippen LogP contribution is -2.40. The molecule has 0 fully saturated rings. The minimum atomic E-state index is 0.124. The van der Waals surface area contributed by atoms with Crippen molar-refractivity contribution in [3.05, 3.63) is 35.0 Å². The van der Waals surface area contributed by atoms with Gasteiger partial charge in [0.15, 0.2) is 17.3 Å². The molecule has 0 saturated carbocycles. The third kappa shape index (κ3) is 2.36. The Labute approximate surface area is 131 Å². The van der Waals surface area contributed by atoms with Gasteiger partial charge in [0.05, 0.1) is 20.3 Å². The first kappa shape index (κ1) is 14.9. The van der Waals surface area contributed by atoms with Gasteiger partial charge in [-0.1, -0.05) is 13.8 Å². The first-order chi connectivity index (χ1) is 10.5. The first-order valence-electron chi connectivity index (χ1n) is 7.81. The zero-order valence-electron chi connectivity index (χ0n) is 13.7. The van der Waals surface area contributed by atoms with Crippen LogP contribution in [0.15, 0.2) is 23.9 Å². The van der Waals surface area contributed by atoms with Gasteiger partial charge >= 0.3 is 0 Å². The van der Waals surface area contributed by atoms with Crippen LogP contribution in [-0.2, 0) is 11.2 Å². The Balaban J connectivity index is 2.07. The second-order valence-corrected chi connectivity index (χ2v) is 6.26. The van der Waals surface area contributed by atoms with Gasteiger partial charge in [0, 0.05) is 24.7 Å². The van der Waals surface area contributed by atoms with Crippen LogP contribution in [0.3, 0.4) is 0 Å². The van der Waals surface area contributed by atoms with Crippen LogP contribution in [0.25, 0.3) is 0 Å². The number of carbonyl (C=O) groups excluding carboxylic acids is 1. The number of nitrogens with zero attached hydrogens (tertiary/aromatic N) is 1. The van der Waals surface area contributed by atoms with Crippen LogP contribution in [0.1, 0.15) is 37.4 Å². The van der Waals surface area contributed by atoms with E-state index in [2.05, 4.69) is 24.8 Å². The van der Waals surface area contributed by atoms with Crippen molar-refractivity contribution in [1.82, 2.24) is 4.90 Å². The molecule has 1 aromatic rings. The third-order valence-corrected chi connectivity index (χ3v) is 4.63. The molecule has 0 aliphatic carbocycles. The number of carbonyl (C=O) groups is 1. The highest BCUT2D eigenvalue weighted by atomic mass is 16.5. The van der Waals surface area contributed by atoms with Crippen LogP contribution < -0.4 is 9.47 Å². The molecule has 1 aromatic carbocycles. The Kier molecular flexibility index (Phi) is 3.85. The summed E-state index contributed by atoms with van der Waals surface area (Å²) in [6, 6.07) is 4.23. The van der Waals surface area contributed by atoms with E-state index in [9.17, 15) is 4.79 Å². The Bertz CT molecular complexity index is 633. The van der Waals surface area contributed by atoms with E-state index in [4.69, 9.17) is 9.47 Å². The quantitative estimate of drug-likeness (QED) is 0.860. The molecule has 2 aliphatic heterocycles. The molecule has 2 heterocycles. The van der Waals surface area contributed by atoms with Gasteiger partial charge < -0.3 is 14.4 Å². The van der Waals surface area contributed by atoms with Crippen LogP contribution in [0.2, 0.25) is 0 Å². The van der Waals surface area contributed by atoms with Crippen molar-refractivity contribution in [3.8, 4) is 11.5 Å². The third-order valence-electron chi connectivity index (χ3n) is 4.63. The molecule has 0 saturated heterocycles. The lowest BCUT2D eigenvalue weighted by molar-refractivity contribution is -0.116. The summed E-state index contributed by atoms with van der Waals surface area (Å²) in [4.78, 5) is 14.6. The minimum absolute atomic E-state index is 0.124. The van der Waals surface area contributed by atoms with E-state index < -0.39 is 0 Å². The number of benzene rings is 1. The lowest BCUT2D eigenvalue weighted by Gasteiger charge is -2.43. The SMILES string of the molecule is COc1cc2c(cc1OC)C1CC(=O)C=C(C(C)C)N1CC2. The zero-order valence-corrected chi connectivity index (χ0v) is 13.7. The summed E-state index contributed by atoms with van der Waals surface area (Å²) in [6.45, 7) is 5.24. The summed E-state index contributed by atoms with van der Waals surface area (Å²) in [5.74, 6) is 2.06. The van der Waals surface area contributed by atoms with Crippen molar-refractivity contribution in [2.45, 2.75) is 32.7 Å². The van der Waals surface area contributed by atoms with Gasteiger partial charge in [0.25, 0.3) is 0 Å². The highest BCUT2D eigenvalue weighted by Gasteiger charge is 2.35. The lowest BCUT2D eigenvalue weighted by atomic mass is 9.85. The predicted molar refractivity (Wildman–Crippen MR) is 85.2 cm³/mol. The van der Waals surface area contributed by atoms with Crippen molar-refractivity contribution in [2.24, 2.45) is 5.92 Å². The van der Waals surface area contributed by atoms with Crippen molar-refractivity contribution in [1.29, 1.82) is 0 Å². The second-order valence-electron chi connectivity index (χ2n) is 6.26. The smallest absolute Gasteiger partial charge is 0.161 e. The molecule has 0 N–H and O–H groups in total. The van der Waals surface area contributed by atoms with Gasteiger partial charge in [0.2, 0.25) is 0 Å². The van der Waals surface area contributed by atoms with E-state index in [-0.39, 0.29) is 11.8 Å². The normalized spacial score (nSPS) is 20.4. The molecule has 1 atom stereocenters. The first-order valence-corrected chi connectivity index (χ1v) is 7.81. The van der Waals surface area contributed by atoms with E-state index in [1.165, 1.54) is 11.1 Å². The van der Waals surface area contributed by atoms with Gasteiger partial charge in [-0.15, -0.1) is 0 Å². The van der Waals surface area contributed by atoms with E-state index in [0.29, 0.717) is 12.3 Å². The Morgan fingerprint density at radius 2 is 1.86 bits per heavy atom. The average Bonchev–Trinajstić information content (AvgIpc) is 2.52. The van der Waals surface area contributed by atoms with Gasteiger partial charge in [-0.3, -0.25) is 4.79 Å². The molecule has 0 spiro atoms. The van der Waals surface area contributed by atoms with Crippen molar-refractivity contribution >= 4 is 5.78 Å². The highest BCUT2D eigenvalue weighted by molar-refractivity contribution is 5.92. The summed E-state index contributed by atoms with van der Waals surface area (Å²) in [7, 11) is 3.30. The topological polar surface area (TPSA) is 38.8 Å². The monoisotopic (exact) mass is 301 g/mol. The number of ether oxygens (including phenoxy) is 2. The van der Waals surface area contributed by atoms with E-state index in [1.807, 2.05) is 12.1 Å².